The number of fused-ring (bicyclic) bond motifs is 2. The van der Waals surface area contributed by atoms with E-state index < -0.39 is 5.41 Å². The quantitative estimate of drug-likeness (QED) is 0.165. The van der Waals surface area contributed by atoms with Crippen molar-refractivity contribution in [2.24, 2.45) is 0 Å². The van der Waals surface area contributed by atoms with E-state index in [2.05, 4.69) is 182 Å². The van der Waals surface area contributed by atoms with Crippen LogP contribution >= 0.6 is 0 Å². The van der Waals surface area contributed by atoms with Crippen molar-refractivity contribution in [3.8, 4) is 67.7 Å². The van der Waals surface area contributed by atoms with Crippen LogP contribution in [0.2, 0.25) is 0 Å². The predicted octanol–water partition coefficient (Wildman–Crippen LogP) is 13.3. The second-order valence-electron chi connectivity index (χ2n) is 14.1. The maximum Gasteiger partial charge on any atom is 0.160 e. The van der Waals surface area contributed by atoms with E-state index in [1.807, 2.05) is 36.4 Å². The van der Waals surface area contributed by atoms with E-state index in [4.69, 9.17) is 14.7 Å². The molecular weight excluding hydrogens is 681 g/mol. The van der Waals surface area contributed by atoms with Gasteiger partial charge in [-0.05, 0) is 69.8 Å². The highest BCUT2D eigenvalue weighted by atomic mass is 16.5. The molecule has 56 heavy (non-hydrogen) atoms. The van der Waals surface area contributed by atoms with E-state index in [9.17, 15) is 0 Å². The first-order valence-corrected chi connectivity index (χ1v) is 19.0. The molecule has 1 aromatic heterocycles. The van der Waals surface area contributed by atoms with Gasteiger partial charge in [-0.15, -0.1) is 0 Å². The topological polar surface area (TPSA) is 35.0 Å². The van der Waals surface area contributed by atoms with Gasteiger partial charge in [0.1, 0.15) is 11.5 Å². The van der Waals surface area contributed by atoms with Gasteiger partial charge in [0.2, 0.25) is 0 Å². The third-order valence-electron chi connectivity index (χ3n) is 10.8. The highest BCUT2D eigenvalue weighted by Crippen LogP contribution is 2.55. The van der Waals surface area contributed by atoms with E-state index in [0.717, 1.165) is 67.4 Å². The maximum absolute atomic E-state index is 6.56. The summed E-state index contributed by atoms with van der Waals surface area (Å²) in [5.41, 5.74) is 13.3. The smallest absolute Gasteiger partial charge is 0.160 e. The van der Waals surface area contributed by atoms with Crippen LogP contribution in [0.1, 0.15) is 22.3 Å². The second kappa shape index (κ2) is 14.1. The molecule has 0 unspecified atom stereocenters. The van der Waals surface area contributed by atoms with Crippen LogP contribution in [0.5, 0.6) is 11.5 Å². The first-order valence-electron chi connectivity index (χ1n) is 19.0. The fraction of sp³-hybridized carbons (Fsp3) is 0.0189. The molecule has 1 aliphatic rings. The van der Waals surface area contributed by atoms with E-state index in [1.54, 1.807) is 0 Å². The van der Waals surface area contributed by atoms with Crippen LogP contribution in [-0.2, 0) is 5.41 Å². The standard InChI is InChI=1S/C53H36N2O/c1-4-17-37(18-5-1)39-21-14-24-42(33-39)48-36-49(55-52(54-48)38-19-6-2-7-20-38)43-25-15-22-40(34-43)41-23-16-28-45(35-41)53(44-26-8-3-9-27-44)46-29-10-12-31-50(46)56-51-32-13-11-30-47(51)53/h1-36H. The molecule has 0 saturated heterocycles. The van der Waals surface area contributed by atoms with Crippen molar-refractivity contribution < 1.29 is 4.74 Å². The van der Waals surface area contributed by atoms with Crippen LogP contribution in [-0.4, -0.2) is 9.97 Å². The number of para-hydroxylation sites is 2. The second-order valence-corrected chi connectivity index (χ2v) is 14.1. The van der Waals surface area contributed by atoms with E-state index in [0.29, 0.717) is 5.82 Å². The summed E-state index contributed by atoms with van der Waals surface area (Å²) in [6, 6.07) is 76.8. The van der Waals surface area contributed by atoms with Gasteiger partial charge in [-0.25, -0.2) is 9.97 Å². The number of benzene rings is 8. The molecule has 3 heteroatoms. The van der Waals surface area contributed by atoms with Gasteiger partial charge >= 0.3 is 0 Å². The molecule has 0 saturated carbocycles. The van der Waals surface area contributed by atoms with Gasteiger partial charge in [0.25, 0.3) is 0 Å². The number of rotatable bonds is 7. The number of hydrogen-bond donors (Lipinski definition) is 0. The zero-order valence-electron chi connectivity index (χ0n) is 30.6. The summed E-state index contributed by atoms with van der Waals surface area (Å²) in [5, 5.41) is 0. The summed E-state index contributed by atoms with van der Waals surface area (Å²) in [6.07, 6.45) is 0. The molecule has 0 amide bonds. The van der Waals surface area contributed by atoms with Crippen LogP contribution in [0, 0.1) is 0 Å². The summed E-state index contributed by atoms with van der Waals surface area (Å²) in [5.74, 6) is 2.42. The van der Waals surface area contributed by atoms with Crippen molar-refractivity contribution >= 4 is 0 Å². The average Bonchev–Trinajstić information content (AvgIpc) is 3.29. The van der Waals surface area contributed by atoms with Crippen LogP contribution in [0.15, 0.2) is 218 Å². The molecular formula is C53H36N2O. The highest BCUT2D eigenvalue weighted by Gasteiger charge is 2.45. The molecule has 2 heterocycles. The van der Waals surface area contributed by atoms with Crippen LogP contribution in [0.25, 0.3) is 56.2 Å². The first kappa shape index (κ1) is 33.2. The molecule has 0 spiro atoms. The minimum Gasteiger partial charge on any atom is -0.457 e. The number of nitrogens with zero attached hydrogens (tertiary/aromatic N) is 2. The Morgan fingerprint density at radius 3 is 1.30 bits per heavy atom. The first-order chi connectivity index (χ1) is 27.7. The van der Waals surface area contributed by atoms with Crippen molar-refractivity contribution in [3.05, 3.63) is 241 Å². The monoisotopic (exact) mass is 716 g/mol. The fourth-order valence-electron chi connectivity index (χ4n) is 8.21. The lowest BCUT2D eigenvalue weighted by Crippen LogP contribution is -2.34. The Kier molecular flexibility index (Phi) is 8.38. The van der Waals surface area contributed by atoms with Crippen molar-refractivity contribution in [2.75, 3.05) is 0 Å². The summed E-state index contributed by atoms with van der Waals surface area (Å²) < 4.78 is 6.56. The lowest BCUT2D eigenvalue weighted by molar-refractivity contribution is 0.434. The molecule has 3 nitrogen and oxygen atoms in total. The Morgan fingerprint density at radius 1 is 0.304 bits per heavy atom. The summed E-state index contributed by atoms with van der Waals surface area (Å²) >= 11 is 0. The van der Waals surface area contributed by atoms with Gasteiger partial charge in [0.15, 0.2) is 5.82 Å². The predicted molar refractivity (Wildman–Crippen MR) is 228 cm³/mol. The van der Waals surface area contributed by atoms with Gasteiger partial charge in [0.05, 0.1) is 16.8 Å². The SMILES string of the molecule is c1ccc(-c2cccc(-c3cc(-c4cccc(-c5cccc(C6(c7ccccc7)c7ccccc7Oc7ccccc76)c5)c4)nc(-c4ccccc4)n3)c2)cc1. The normalized spacial score (nSPS) is 12.6. The van der Waals surface area contributed by atoms with E-state index in [-0.39, 0.29) is 0 Å². The van der Waals surface area contributed by atoms with Crippen molar-refractivity contribution in [3.63, 3.8) is 0 Å². The summed E-state index contributed by atoms with van der Waals surface area (Å²) in [6.45, 7) is 0. The Balaban J connectivity index is 1.12. The molecule has 0 N–H and O–H groups in total. The number of ether oxygens (including phenoxy) is 1. The minimum atomic E-state index is -0.596. The molecule has 264 valence electrons. The lowest BCUT2D eigenvalue weighted by Gasteiger charge is -2.41. The minimum absolute atomic E-state index is 0.596. The van der Waals surface area contributed by atoms with Crippen molar-refractivity contribution in [2.45, 2.75) is 5.41 Å². The molecule has 0 aliphatic carbocycles. The van der Waals surface area contributed by atoms with Gasteiger partial charge < -0.3 is 4.74 Å². The van der Waals surface area contributed by atoms with Gasteiger partial charge in [-0.1, -0.05) is 182 Å². The largest absolute Gasteiger partial charge is 0.457 e. The Hall–Kier alpha value is -7.36. The van der Waals surface area contributed by atoms with Crippen molar-refractivity contribution in [1.29, 1.82) is 0 Å². The van der Waals surface area contributed by atoms with Crippen LogP contribution in [0.3, 0.4) is 0 Å². The summed E-state index contributed by atoms with van der Waals surface area (Å²) in [7, 11) is 0. The number of hydrogen-bond acceptors (Lipinski definition) is 3. The molecule has 0 radical (unpaired) electrons. The highest BCUT2D eigenvalue weighted by molar-refractivity contribution is 5.79. The molecule has 0 bridgehead atoms. The molecule has 1 aliphatic heterocycles. The third-order valence-corrected chi connectivity index (χ3v) is 10.8. The Morgan fingerprint density at radius 2 is 0.714 bits per heavy atom. The zero-order valence-corrected chi connectivity index (χ0v) is 30.6. The van der Waals surface area contributed by atoms with Crippen LogP contribution < -0.4 is 4.74 Å². The average molecular weight is 717 g/mol. The summed E-state index contributed by atoms with van der Waals surface area (Å²) in [4.78, 5) is 10.3. The molecule has 0 fully saturated rings. The molecule has 0 atom stereocenters. The van der Waals surface area contributed by atoms with E-state index in [1.165, 1.54) is 16.7 Å². The lowest BCUT2D eigenvalue weighted by atomic mass is 9.63. The van der Waals surface area contributed by atoms with Gasteiger partial charge in [-0.2, -0.15) is 0 Å². The maximum atomic E-state index is 6.56. The van der Waals surface area contributed by atoms with E-state index >= 15 is 0 Å². The number of aromatic nitrogens is 2. The fourth-order valence-corrected chi connectivity index (χ4v) is 8.21. The van der Waals surface area contributed by atoms with Gasteiger partial charge in [0, 0.05) is 27.8 Å². The third kappa shape index (κ3) is 5.87. The molecule has 9 aromatic rings. The van der Waals surface area contributed by atoms with Crippen molar-refractivity contribution in [1.82, 2.24) is 9.97 Å². The Bertz CT molecular complexity index is 2790. The Labute approximate surface area is 327 Å². The van der Waals surface area contributed by atoms with Crippen LogP contribution in [0.4, 0.5) is 0 Å². The molecule has 10 rings (SSSR count). The molecule has 8 aromatic carbocycles. The zero-order chi connectivity index (χ0) is 37.3. The van der Waals surface area contributed by atoms with Gasteiger partial charge in [-0.3, -0.25) is 0 Å².